The van der Waals surface area contributed by atoms with Crippen LogP contribution >= 0.6 is 15.6 Å². The van der Waals surface area contributed by atoms with Crippen molar-refractivity contribution in [3.8, 4) is 23.7 Å². The van der Waals surface area contributed by atoms with Gasteiger partial charge in [0.25, 0.3) is 26.8 Å². The van der Waals surface area contributed by atoms with Crippen LogP contribution in [0.25, 0.3) is 32.5 Å². The SMILES string of the molecule is [N-]=[N+]=Nc1nc(NCCOCCCC(=O)NCCOCCOCCC(=O)NCC#Cc2cn([C@H]3C[C@@H](O)[C@@H](COP(=O)([O-])O)O3)c3nc(N)[nH]c(=O)c23)nc(NCCOCCCC(=O)NCCOCCOCCC(=O)NCC#Cc2cn([C@H]3C[C@@H](O)[C@@H](COP(=O)([O-])O)O3)c3nc(N)[nH]c(=O)c23)n1. The zero-order valence-electron chi connectivity index (χ0n) is 55.4. The minimum Gasteiger partial charge on any atom is -0.756 e. The first kappa shape index (κ1) is 81.5. The first-order valence-electron chi connectivity index (χ1n) is 32.1. The summed E-state index contributed by atoms with van der Waals surface area (Å²) in [5, 5.41) is 41.1. The zero-order valence-corrected chi connectivity index (χ0v) is 57.2. The second-order valence-electron chi connectivity index (χ2n) is 22.2. The molecule has 0 spiro atoms. The third-order valence-corrected chi connectivity index (χ3v) is 15.4. The zero-order chi connectivity index (χ0) is 74.2. The number of hydrogen-bond donors (Lipinski definition) is 14. The Kier molecular flexibility index (Phi) is 33.3. The van der Waals surface area contributed by atoms with Crippen molar-refractivity contribution in [1.29, 1.82) is 0 Å². The van der Waals surface area contributed by atoms with Crippen molar-refractivity contribution in [3.05, 3.63) is 54.7 Å². The van der Waals surface area contributed by atoms with Crippen LogP contribution in [-0.2, 0) is 75.3 Å². The molecule has 0 aromatic carbocycles. The van der Waals surface area contributed by atoms with E-state index in [-0.39, 0.29) is 230 Å². The molecule has 2 unspecified atom stereocenters. The van der Waals surface area contributed by atoms with Crippen LogP contribution < -0.4 is 64.3 Å². The fraction of sp³-hybridized carbons (Fsp3) is 0.596. The highest BCUT2D eigenvalue weighted by Gasteiger charge is 2.38. The van der Waals surface area contributed by atoms with E-state index < -0.39 is 76.8 Å². The van der Waals surface area contributed by atoms with Crippen molar-refractivity contribution in [3.63, 3.8) is 0 Å². The third-order valence-electron chi connectivity index (χ3n) is 14.5. The Balaban J connectivity index is 0.633. The maximum atomic E-state index is 12.8. The maximum absolute atomic E-state index is 12.8. The Morgan fingerprint density at radius 2 is 0.981 bits per heavy atom. The van der Waals surface area contributed by atoms with Crippen LogP contribution in [0.3, 0.4) is 0 Å². The van der Waals surface area contributed by atoms with E-state index in [1.54, 1.807) is 0 Å². The van der Waals surface area contributed by atoms with Crippen molar-refractivity contribution in [2.75, 3.05) is 154 Å². The number of aliphatic hydroxyl groups is 2. The number of phosphoric ester groups is 2. The lowest BCUT2D eigenvalue weighted by Crippen LogP contribution is -2.28. The van der Waals surface area contributed by atoms with E-state index in [9.17, 15) is 57.9 Å². The molecule has 46 heteroatoms. The van der Waals surface area contributed by atoms with Gasteiger partial charge in [-0.25, -0.2) is 0 Å². The first-order valence-corrected chi connectivity index (χ1v) is 35.1. The first-order chi connectivity index (χ1) is 49.4. The highest BCUT2D eigenvalue weighted by atomic mass is 31.2. The predicted molar refractivity (Wildman–Crippen MR) is 354 cm³/mol. The van der Waals surface area contributed by atoms with E-state index in [4.69, 9.17) is 64.7 Å². The van der Waals surface area contributed by atoms with Crippen LogP contribution in [0.4, 0.5) is 29.7 Å². The number of aromatic nitrogens is 9. The average molecular weight is 1490 g/mol. The number of anilines is 4. The molecule has 5 aromatic heterocycles. The number of nitrogens with one attached hydrogen (secondary N) is 8. The maximum Gasteiger partial charge on any atom is 0.265 e. The summed E-state index contributed by atoms with van der Waals surface area (Å²) in [7, 11) is -10.1. The number of rotatable bonds is 45. The molecule has 4 amide bonds. The van der Waals surface area contributed by atoms with Gasteiger partial charge in [0, 0.05) is 95.2 Å². The quantitative estimate of drug-likeness (QED) is 0.00443. The highest BCUT2D eigenvalue weighted by molar-refractivity contribution is 7.45. The van der Waals surface area contributed by atoms with E-state index >= 15 is 0 Å². The number of azide groups is 1. The number of carbonyl (C=O) groups is 4. The predicted octanol–water partition coefficient (Wildman–Crippen LogP) is -3.86. The highest BCUT2D eigenvalue weighted by Crippen LogP contribution is 2.38. The molecular weight excluding hydrogens is 1410 g/mol. The van der Waals surface area contributed by atoms with Crippen molar-refractivity contribution >= 4 is 91.1 Å². The van der Waals surface area contributed by atoms with Gasteiger partial charge in [-0.05, 0) is 23.5 Å². The summed E-state index contributed by atoms with van der Waals surface area (Å²) in [6.45, 7) is 2.16. The molecule has 0 aliphatic carbocycles. The van der Waals surface area contributed by atoms with Gasteiger partial charge >= 0.3 is 0 Å². The lowest BCUT2D eigenvalue weighted by atomic mass is 10.2. The molecule has 2 fully saturated rings. The molecule has 8 atom stereocenters. The van der Waals surface area contributed by atoms with Gasteiger partial charge in [-0.1, -0.05) is 23.7 Å². The molecule has 2 aliphatic heterocycles. The number of carbonyl (C=O) groups excluding carboxylic acids is 4. The number of amides is 4. The fourth-order valence-electron chi connectivity index (χ4n) is 9.75. The third kappa shape index (κ3) is 28.7. The lowest BCUT2D eigenvalue weighted by Gasteiger charge is -2.20. The Hall–Kier alpha value is -8.82. The molecule has 0 radical (unpaired) electrons. The Labute approximate surface area is 585 Å². The molecule has 5 aromatic rings. The van der Waals surface area contributed by atoms with Gasteiger partial charge in [0.2, 0.25) is 53.4 Å². The van der Waals surface area contributed by atoms with Crippen LogP contribution in [0.1, 0.15) is 74.9 Å². The average Bonchev–Trinajstić information content (AvgIpc) is 1.62. The van der Waals surface area contributed by atoms with E-state index in [0.717, 1.165) is 0 Å². The minimum atomic E-state index is -5.07. The number of nitrogens with zero attached hydrogens (tertiary/aromatic N) is 10. The van der Waals surface area contributed by atoms with Crippen LogP contribution in [0.5, 0.6) is 0 Å². The number of nitrogen functional groups attached to an aromatic ring is 2. The van der Waals surface area contributed by atoms with Crippen molar-refractivity contribution in [2.24, 2.45) is 5.11 Å². The van der Waals surface area contributed by atoms with Gasteiger partial charge in [-0.2, -0.15) is 24.9 Å². The van der Waals surface area contributed by atoms with E-state index in [1.807, 2.05) is 0 Å². The molecule has 2 aliphatic rings. The van der Waals surface area contributed by atoms with Gasteiger partial charge in [-0.3, -0.25) is 47.9 Å². The lowest BCUT2D eigenvalue weighted by molar-refractivity contribution is -0.224. The Morgan fingerprint density at radius 1 is 0.592 bits per heavy atom. The number of aromatic amines is 2. The standard InChI is InChI=1S/C57H82N20O24P2/c58-53-67-49-47(51(84)69-53)35(31-76(49)45-29-37(78)39(100-45)33-98-102(86,87)88)5-1-11-61-43(82)9-19-94-25-27-96-21-13-63-41(80)7-3-17-92-23-15-65-55-71-56(73-57(72-55)74-75-60)66-16-24-93-18-4-8-42(81)64-14-22-97-28-26-95-20-10-44(83)62-12-2-6-36-32-77(50-48(36)52(85)70-54(59)68-50)46-30-38(79)40(101-46)34-99-103(89,90)91/h31-32,37-40,45-46,78-79H,3-4,7-30,33-34H2,(H,61,82)(H,62,83)(H,63,80)(H,64,81)(H2,86,87,88)(H2,89,90,91)(H3,58,67,69,84)(H3,59,68,70,85)(H2,65,66,71,72,73)/p-2/t37-,38-,39-,40-,45-,46-/m1/s1. The molecule has 564 valence electrons. The van der Waals surface area contributed by atoms with Crippen LogP contribution in [-0.4, -0.2) is 244 Å². The second-order valence-corrected chi connectivity index (χ2v) is 24.5. The molecule has 16 N–H and O–H groups in total. The van der Waals surface area contributed by atoms with Crippen molar-refractivity contribution in [1.82, 2.24) is 65.3 Å². The van der Waals surface area contributed by atoms with E-state index in [2.05, 4.69) is 110 Å². The monoisotopic (exact) mass is 1490 g/mol. The number of hydrogen-bond acceptors (Lipinski definition) is 32. The fourth-order valence-corrected chi connectivity index (χ4v) is 10.4. The van der Waals surface area contributed by atoms with E-state index in [0.29, 0.717) is 26.1 Å². The number of nitrogens with two attached hydrogens (primary N) is 2. The van der Waals surface area contributed by atoms with Crippen LogP contribution in [0.2, 0.25) is 0 Å². The Morgan fingerprint density at radius 3 is 1.39 bits per heavy atom. The van der Waals surface area contributed by atoms with Crippen LogP contribution in [0, 0.1) is 23.7 Å². The molecule has 0 saturated carbocycles. The number of phosphoric acid groups is 2. The summed E-state index contributed by atoms with van der Waals surface area (Å²) in [5.41, 5.74) is 19.9. The number of H-pyrrole nitrogens is 2. The summed E-state index contributed by atoms with van der Waals surface area (Å²) < 4.78 is 78.2. The van der Waals surface area contributed by atoms with Gasteiger partial charge < -0.3 is 129 Å². The van der Waals surface area contributed by atoms with Crippen molar-refractivity contribution in [2.45, 2.75) is 88.2 Å². The minimum absolute atomic E-state index is 0.0222. The molecular formula is C57H80N20O24P2-2. The summed E-state index contributed by atoms with van der Waals surface area (Å²) in [4.78, 5) is 143. The van der Waals surface area contributed by atoms with Gasteiger partial charge in [0.05, 0.1) is 126 Å². The normalized spacial score (nSPS) is 18.2. The number of ether oxygens (including phenoxy) is 8. The smallest absolute Gasteiger partial charge is 0.265 e. The summed E-state index contributed by atoms with van der Waals surface area (Å²) >= 11 is 0. The summed E-state index contributed by atoms with van der Waals surface area (Å²) in [6, 6.07) is 0. The molecule has 0 bridgehead atoms. The van der Waals surface area contributed by atoms with Crippen LogP contribution in [0.15, 0.2) is 27.1 Å². The summed E-state index contributed by atoms with van der Waals surface area (Å²) in [5.74, 6) is 9.74. The van der Waals surface area contributed by atoms with Crippen molar-refractivity contribution < 1.29 is 105 Å². The van der Waals surface area contributed by atoms with Gasteiger partial charge in [-0.15, -0.1) is 0 Å². The molecule has 7 rings (SSSR count). The molecule has 7 heterocycles. The Bertz CT molecular complexity index is 3800. The largest absolute Gasteiger partial charge is 0.756 e. The van der Waals surface area contributed by atoms with E-state index in [1.165, 1.54) is 21.5 Å². The number of aliphatic hydroxyl groups excluding tert-OH is 2. The molecule has 103 heavy (non-hydrogen) atoms. The summed E-state index contributed by atoms with van der Waals surface area (Å²) in [6.07, 6.45) is -2.30. The second kappa shape index (κ2) is 42.1. The molecule has 44 nitrogen and oxygen atoms in total. The van der Waals surface area contributed by atoms with Gasteiger partial charge in [0.15, 0.2) is 11.3 Å². The topological polar surface area (TPSA) is 635 Å². The number of fused-ring (bicyclic) bond motifs is 2. The molecule has 2 saturated heterocycles. The van der Waals surface area contributed by atoms with Gasteiger partial charge in [0.1, 0.15) is 24.7 Å².